The van der Waals surface area contributed by atoms with Crippen molar-refractivity contribution in [2.75, 3.05) is 4.90 Å². The van der Waals surface area contributed by atoms with Gasteiger partial charge in [-0.1, -0.05) is 145 Å². The first-order chi connectivity index (χ1) is 33.9. The summed E-state index contributed by atoms with van der Waals surface area (Å²) in [5.41, 5.74) is 6.14. The molecule has 0 atom stereocenters. The molecule has 0 aliphatic heterocycles. The SMILES string of the molecule is [2H]c1c([2H])c(N(c2ccc(-c3cccc4c3c3ccccc3n4-c3ccccc3)cc2)c2cccc3oc4c5ccccc5ccc4c23)c([2H])c([2H])c1-c1c([2H])c([2H])c2c([2H])c([2H])c([2H])c([2H])c2c1[2H]. The molecule has 12 aromatic rings. The van der Waals surface area contributed by atoms with Gasteiger partial charge in [-0.05, 0) is 111 Å². The maximum absolute atomic E-state index is 9.76. The molecule has 10 aromatic carbocycles. The Bertz CT molecular complexity index is 4180. The molecule has 0 N–H and O–H groups in total. The third-order valence-electron chi connectivity index (χ3n) is 11.1. The van der Waals surface area contributed by atoms with E-state index in [4.69, 9.17) is 12.6 Å². The number of anilines is 3. The van der Waals surface area contributed by atoms with Gasteiger partial charge < -0.3 is 13.9 Å². The fraction of sp³-hybridized carbons (Fsp3) is 0. The molecule has 3 nitrogen and oxygen atoms in total. The molecule has 0 saturated heterocycles. The zero-order chi connectivity index (χ0) is 48.4. The summed E-state index contributed by atoms with van der Waals surface area (Å²) in [5.74, 6) is 0. The highest BCUT2D eigenvalue weighted by molar-refractivity contribution is 6.20. The Morgan fingerprint density at radius 1 is 0.441 bits per heavy atom. The maximum atomic E-state index is 9.76. The summed E-state index contributed by atoms with van der Waals surface area (Å²) < 4.78 is 108. The summed E-state index contributed by atoms with van der Waals surface area (Å²) in [7, 11) is 0. The van der Waals surface area contributed by atoms with E-state index in [1.54, 1.807) is 4.90 Å². The van der Waals surface area contributed by atoms with Crippen molar-refractivity contribution in [3.05, 3.63) is 218 Å². The van der Waals surface area contributed by atoms with E-state index in [-0.39, 0.29) is 16.5 Å². The molecule has 2 aromatic heterocycles. The summed E-state index contributed by atoms with van der Waals surface area (Å²) in [6, 6.07) is 43.2. The average Bonchev–Trinajstić information content (AvgIpc) is 3.95. The third-order valence-corrected chi connectivity index (χ3v) is 11.1. The van der Waals surface area contributed by atoms with Crippen LogP contribution in [0.3, 0.4) is 0 Å². The minimum absolute atomic E-state index is 0.131. The van der Waals surface area contributed by atoms with Crippen molar-refractivity contribution in [1.29, 1.82) is 0 Å². The van der Waals surface area contributed by atoms with Gasteiger partial charge in [-0.15, -0.1) is 0 Å². The molecule has 0 unspecified atom stereocenters. The zero-order valence-corrected chi connectivity index (χ0v) is 31.2. The second-order valence-corrected chi connectivity index (χ2v) is 14.4. The average molecular weight is 764 g/mol. The molecule has 0 spiro atoms. The van der Waals surface area contributed by atoms with Gasteiger partial charge >= 0.3 is 0 Å². The highest BCUT2D eigenvalue weighted by Crippen LogP contribution is 2.46. The molecule has 3 heteroatoms. The van der Waals surface area contributed by atoms with Gasteiger partial charge in [0, 0.05) is 38.6 Å². The minimum Gasteiger partial charge on any atom is -0.455 e. The Hall–Kier alpha value is -7.88. The minimum atomic E-state index is -0.660. The van der Waals surface area contributed by atoms with E-state index >= 15 is 0 Å². The van der Waals surface area contributed by atoms with Crippen molar-refractivity contribution < 1.29 is 19.5 Å². The van der Waals surface area contributed by atoms with E-state index in [2.05, 4.69) is 41.0 Å². The quantitative estimate of drug-likeness (QED) is 0.168. The van der Waals surface area contributed by atoms with Crippen molar-refractivity contribution in [3.8, 4) is 27.9 Å². The van der Waals surface area contributed by atoms with Gasteiger partial charge in [0.25, 0.3) is 0 Å². The van der Waals surface area contributed by atoms with E-state index in [0.29, 0.717) is 27.9 Å². The number of hydrogen-bond acceptors (Lipinski definition) is 2. The number of hydrogen-bond donors (Lipinski definition) is 0. The van der Waals surface area contributed by atoms with E-state index in [1.807, 2.05) is 115 Å². The Morgan fingerprint density at radius 3 is 2.03 bits per heavy atom. The molecule has 276 valence electrons. The molecule has 2 heterocycles. The van der Waals surface area contributed by atoms with Crippen molar-refractivity contribution in [1.82, 2.24) is 4.57 Å². The molecule has 59 heavy (non-hydrogen) atoms. The van der Waals surface area contributed by atoms with Crippen LogP contribution in [0.1, 0.15) is 15.1 Å². The highest BCUT2D eigenvalue weighted by atomic mass is 16.3. The fourth-order valence-corrected chi connectivity index (χ4v) is 8.46. The number of benzene rings is 10. The van der Waals surface area contributed by atoms with Gasteiger partial charge in [-0.3, -0.25) is 0 Å². The summed E-state index contributed by atoms with van der Waals surface area (Å²) in [5, 5.41) is 4.74. The lowest BCUT2D eigenvalue weighted by Crippen LogP contribution is -2.10. The van der Waals surface area contributed by atoms with Crippen molar-refractivity contribution in [2.45, 2.75) is 0 Å². The molecule has 0 aliphatic carbocycles. The zero-order valence-electron chi connectivity index (χ0n) is 42.2. The fourth-order valence-electron chi connectivity index (χ4n) is 8.46. The summed E-state index contributed by atoms with van der Waals surface area (Å²) in [6.45, 7) is 0. The number of nitrogens with zero attached hydrogens (tertiary/aromatic N) is 2. The molecule has 0 bridgehead atoms. The van der Waals surface area contributed by atoms with Crippen LogP contribution in [0.4, 0.5) is 17.1 Å². The first-order valence-electron chi connectivity index (χ1n) is 24.8. The molecular weight excluding hydrogens is 717 g/mol. The molecule has 0 radical (unpaired) electrons. The van der Waals surface area contributed by atoms with E-state index in [1.165, 1.54) is 0 Å². The maximum Gasteiger partial charge on any atom is 0.143 e. The molecule has 0 saturated carbocycles. The second kappa shape index (κ2) is 13.4. The van der Waals surface area contributed by atoms with Crippen LogP contribution in [0.25, 0.3) is 93.2 Å². The second-order valence-electron chi connectivity index (χ2n) is 14.4. The van der Waals surface area contributed by atoms with Crippen LogP contribution in [0, 0.1) is 0 Å². The summed E-state index contributed by atoms with van der Waals surface area (Å²) in [4.78, 5) is 1.68. The van der Waals surface area contributed by atoms with E-state index < -0.39 is 77.6 Å². The van der Waals surface area contributed by atoms with Crippen molar-refractivity contribution >= 4 is 82.4 Å². The van der Waals surface area contributed by atoms with Crippen molar-refractivity contribution in [2.24, 2.45) is 0 Å². The molecule has 0 aliphatic rings. The topological polar surface area (TPSA) is 21.3 Å². The van der Waals surface area contributed by atoms with Crippen LogP contribution < -0.4 is 4.90 Å². The Labute approximate surface area is 356 Å². The van der Waals surface area contributed by atoms with Gasteiger partial charge in [0.2, 0.25) is 0 Å². The summed E-state index contributed by atoms with van der Waals surface area (Å²) in [6.07, 6.45) is 0. The molecule has 0 amide bonds. The lowest BCUT2D eigenvalue weighted by Gasteiger charge is -2.26. The predicted octanol–water partition coefficient (Wildman–Crippen LogP) is 15.8. The smallest absolute Gasteiger partial charge is 0.143 e. The summed E-state index contributed by atoms with van der Waals surface area (Å²) >= 11 is 0. The number of rotatable bonds is 6. The number of aromatic nitrogens is 1. The van der Waals surface area contributed by atoms with Crippen LogP contribution in [-0.4, -0.2) is 4.57 Å². The van der Waals surface area contributed by atoms with Gasteiger partial charge in [-0.25, -0.2) is 0 Å². The Morgan fingerprint density at radius 2 is 1.17 bits per heavy atom. The van der Waals surface area contributed by atoms with Crippen molar-refractivity contribution in [3.63, 3.8) is 0 Å². The molecule has 0 fully saturated rings. The van der Waals surface area contributed by atoms with Gasteiger partial charge in [-0.2, -0.15) is 0 Å². The first kappa shape index (κ1) is 24.0. The predicted molar refractivity (Wildman–Crippen MR) is 249 cm³/mol. The largest absolute Gasteiger partial charge is 0.455 e. The Kier molecular flexibility index (Phi) is 5.44. The third kappa shape index (κ3) is 5.36. The lowest BCUT2D eigenvalue weighted by molar-refractivity contribution is 0.672. The Balaban J connectivity index is 1.11. The number of para-hydroxylation sites is 2. The standard InChI is InChI=1S/C56H36N2O/c1-2-15-43(16-3-1)58-50-20-9-8-18-48(50)54-46(19-10-21-51(54)58)40-28-33-45(34-29-40)57(44-31-26-38(27-32-44)42-25-24-37-12-4-5-14-41(37)36-42)52-22-11-23-53-55(52)49-35-30-39-13-6-7-17-47(39)56(49)59-53/h1-36H/i4D,5D,12D,14D,24D,25D,26D,27D,31D,32D,36D. The first-order valence-corrected chi connectivity index (χ1v) is 19.3. The monoisotopic (exact) mass is 763 g/mol. The highest BCUT2D eigenvalue weighted by Gasteiger charge is 2.21. The lowest BCUT2D eigenvalue weighted by atomic mass is 9.98. The van der Waals surface area contributed by atoms with Crippen LogP contribution in [0.15, 0.2) is 223 Å². The van der Waals surface area contributed by atoms with Crippen LogP contribution in [0.2, 0.25) is 0 Å². The molecule has 12 rings (SSSR count). The number of fused-ring (bicyclic) bond motifs is 9. The van der Waals surface area contributed by atoms with Crippen LogP contribution >= 0.6 is 0 Å². The van der Waals surface area contributed by atoms with Crippen LogP contribution in [-0.2, 0) is 0 Å². The van der Waals surface area contributed by atoms with E-state index in [9.17, 15) is 6.85 Å². The number of furan rings is 1. The van der Waals surface area contributed by atoms with Gasteiger partial charge in [0.1, 0.15) is 11.2 Å². The van der Waals surface area contributed by atoms with E-state index in [0.717, 1.165) is 54.8 Å². The van der Waals surface area contributed by atoms with Gasteiger partial charge in [0.05, 0.1) is 37.2 Å². The normalized spacial score (nSPS) is 14.3. The van der Waals surface area contributed by atoms with Gasteiger partial charge in [0.15, 0.2) is 0 Å². The molecular formula is C56H36N2O. The van der Waals surface area contributed by atoms with Crippen LogP contribution in [0.5, 0.6) is 0 Å².